The van der Waals surface area contributed by atoms with Gasteiger partial charge in [-0.25, -0.2) is 4.79 Å². The van der Waals surface area contributed by atoms with E-state index in [1.807, 2.05) is 0 Å². The van der Waals surface area contributed by atoms with E-state index in [9.17, 15) is 9.59 Å². The summed E-state index contributed by atoms with van der Waals surface area (Å²) in [5, 5.41) is 2.61. The van der Waals surface area contributed by atoms with Crippen molar-refractivity contribution in [3.63, 3.8) is 0 Å². The molecule has 1 aromatic carbocycles. The zero-order chi connectivity index (χ0) is 14.3. The molecule has 0 aliphatic rings. The molecule has 112 valence electrons. The largest absolute Gasteiger partial charge is 0.462 e. The zero-order valence-electron chi connectivity index (χ0n) is 11.4. The van der Waals surface area contributed by atoms with E-state index in [2.05, 4.69) is 5.32 Å². The third-order valence-electron chi connectivity index (χ3n) is 2.32. The summed E-state index contributed by atoms with van der Waals surface area (Å²) in [6.45, 7) is 2.16. The molecule has 0 heterocycles. The van der Waals surface area contributed by atoms with Gasteiger partial charge in [-0.1, -0.05) is 6.07 Å². The summed E-state index contributed by atoms with van der Waals surface area (Å²) in [5.41, 5.74) is 6.46. The van der Waals surface area contributed by atoms with Gasteiger partial charge in [0.15, 0.2) is 0 Å². The highest BCUT2D eigenvalue weighted by atomic mass is 35.5. The van der Waals surface area contributed by atoms with Gasteiger partial charge in [-0.15, -0.1) is 12.4 Å². The van der Waals surface area contributed by atoms with Gasteiger partial charge in [0, 0.05) is 12.8 Å². The van der Waals surface area contributed by atoms with Crippen LogP contribution < -0.4 is 11.1 Å². The predicted octanol–water partition coefficient (Wildman–Crippen LogP) is 1.20. The Hall–Kier alpha value is -1.63. The van der Waals surface area contributed by atoms with Crippen molar-refractivity contribution in [1.29, 1.82) is 0 Å². The molecule has 7 heteroatoms. The average molecular weight is 303 g/mol. The van der Waals surface area contributed by atoms with Crippen molar-refractivity contribution in [3.8, 4) is 0 Å². The van der Waals surface area contributed by atoms with Crippen LogP contribution in [-0.2, 0) is 14.3 Å². The van der Waals surface area contributed by atoms with E-state index in [1.54, 1.807) is 25.1 Å². The van der Waals surface area contributed by atoms with Gasteiger partial charge in [0.25, 0.3) is 0 Å². The molecule has 0 bridgehead atoms. The maximum Gasteiger partial charge on any atom is 0.338 e. The van der Waals surface area contributed by atoms with Gasteiger partial charge in [0.05, 0.1) is 18.8 Å². The molecule has 1 rings (SSSR count). The molecule has 1 amide bonds. The fourth-order valence-corrected chi connectivity index (χ4v) is 1.43. The van der Waals surface area contributed by atoms with Crippen molar-refractivity contribution in [3.05, 3.63) is 29.8 Å². The van der Waals surface area contributed by atoms with Crippen LogP contribution in [0.25, 0.3) is 0 Å². The summed E-state index contributed by atoms with van der Waals surface area (Å²) >= 11 is 0. The van der Waals surface area contributed by atoms with Crippen molar-refractivity contribution in [2.75, 3.05) is 25.6 Å². The van der Waals surface area contributed by atoms with Gasteiger partial charge < -0.3 is 20.5 Å². The smallest absolute Gasteiger partial charge is 0.338 e. The second-order valence-electron chi connectivity index (χ2n) is 3.85. The minimum Gasteiger partial charge on any atom is -0.462 e. The van der Waals surface area contributed by atoms with Crippen LogP contribution >= 0.6 is 12.4 Å². The number of benzene rings is 1. The average Bonchev–Trinajstić information content (AvgIpc) is 2.39. The first-order valence-electron chi connectivity index (χ1n) is 5.91. The molecule has 0 spiro atoms. The van der Waals surface area contributed by atoms with Crippen LogP contribution in [0.5, 0.6) is 0 Å². The quantitative estimate of drug-likeness (QED) is 0.771. The normalized spacial score (nSPS) is 11.2. The van der Waals surface area contributed by atoms with Gasteiger partial charge in [-0.05, 0) is 25.1 Å². The molecule has 3 N–H and O–H groups in total. The number of nitrogens with one attached hydrogen (secondary N) is 1. The number of halogens is 1. The lowest BCUT2D eigenvalue weighted by Crippen LogP contribution is -2.39. The number of anilines is 1. The minimum atomic E-state index is -0.753. The third kappa shape index (κ3) is 5.56. The zero-order valence-corrected chi connectivity index (χ0v) is 12.2. The molecule has 0 radical (unpaired) electrons. The van der Waals surface area contributed by atoms with Crippen LogP contribution in [0.1, 0.15) is 17.3 Å². The van der Waals surface area contributed by atoms with Gasteiger partial charge in [0.1, 0.15) is 6.04 Å². The van der Waals surface area contributed by atoms with Crippen molar-refractivity contribution in [2.45, 2.75) is 13.0 Å². The molecule has 20 heavy (non-hydrogen) atoms. The standard InChI is InChI=1S/C13H18N2O4.ClH/c1-3-19-13(17)9-5-4-6-10(7-9)15-12(16)11(14)8-18-2;/h4-7,11H,3,8,14H2,1-2H3,(H,15,16);1H. The van der Waals surface area contributed by atoms with Crippen molar-refractivity contribution in [2.24, 2.45) is 5.73 Å². The number of hydrogen-bond acceptors (Lipinski definition) is 5. The molecule has 0 aromatic heterocycles. The van der Waals surface area contributed by atoms with E-state index in [0.717, 1.165) is 0 Å². The maximum atomic E-state index is 11.7. The summed E-state index contributed by atoms with van der Waals surface area (Å²) in [4.78, 5) is 23.2. The third-order valence-corrected chi connectivity index (χ3v) is 2.32. The lowest BCUT2D eigenvalue weighted by atomic mass is 10.2. The summed E-state index contributed by atoms with van der Waals surface area (Å²) in [6, 6.07) is 5.72. The molecule has 6 nitrogen and oxygen atoms in total. The first-order chi connectivity index (χ1) is 9.08. The van der Waals surface area contributed by atoms with Gasteiger partial charge >= 0.3 is 5.97 Å². The van der Waals surface area contributed by atoms with Gasteiger partial charge in [0.2, 0.25) is 5.91 Å². The number of carbonyl (C=O) groups is 2. The van der Waals surface area contributed by atoms with E-state index in [4.69, 9.17) is 15.2 Å². The van der Waals surface area contributed by atoms with Crippen LogP contribution in [0.15, 0.2) is 24.3 Å². The second-order valence-corrected chi connectivity index (χ2v) is 3.85. The lowest BCUT2D eigenvalue weighted by Gasteiger charge is -2.11. The van der Waals surface area contributed by atoms with E-state index in [-0.39, 0.29) is 24.9 Å². The van der Waals surface area contributed by atoms with Crippen molar-refractivity contribution >= 4 is 30.0 Å². The van der Waals surface area contributed by atoms with Crippen LogP contribution in [0.3, 0.4) is 0 Å². The maximum absolute atomic E-state index is 11.7. The number of esters is 1. The minimum absolute atomic E-state index is 0. The Balaban J connectivity index is 0.00000361. The lowest BCUT2D eigenvalue weighted by molar-refractivity contribution is -0.118. The van der Waals surface area contributed by atoms with Crippen molar-refractivity contribution in [1.82, 2.24) is 0 Å². The summed E-state index contributed by atoms with van der Waals surface area (Å²) in [5.74, 6) is -0.803. The molecule has 1 aromatic rings. The van der Waals surface area contributed by atoms with E-state index >= 15 is 0 Å². The van der Waals surface area contributed by atoms with Crippen LogP contribution in [0.2, 0.25) is 0 Å². The topological polar surface area (TPSA) is 90.7 Å². The Kier molecular flexibility index (Phi) is 8.54. The van der Waals surface area contributed by atoms with Gasteiger partial charge in [-0.2, -0.15) is 0 Å². The first-order valence-corrected chi connectivity index (χ1v) is 5.91. The second kappa shape index (κ2) is 9.30. The molecule has 1 atom stereocenters. The summed E-state index contributed by atoms with van der Waals surface area (Å²) < 4.78 is 9.67. The van der Waals surface area contributed by atoms with E-state index < -0.39 is 12.0 Å². The number of methoxy groups -OCH3 is 1. The molecular formula is C13H19ClN2O4. The highest BCUT2D eigenvalue weighted by Gasteiger charge is 2.14. The molecular weight excluding hydrogens is 284 g/mol. The Labute approximate surface area is 124 Å². The van der Waals surface area contributed by atoms with E-state index in [0.29, 0.717) is 17.9 Å². The molecule has 0 saturated heterocycles. The van der Waals surface area contributed by atoms with E-state index in [1.165, 1.54) is 13.2 Å². The Bertz CT molecular complexity index is 454. The Morgan fingerprint density at radius 1 is 1.40 bits per heavy atom. The van der Waals surface area contributed by atoms with Crippen LogP contribution in [0, 0.1) is 0 Å². The molecule has 0 aliphatic heterocycles. The molecule has 1 unspecified atom stereocenters. The Morgan fingerprint density at radius 2 is 2.10 bits per heavy atom. The monoisotopic (exact) mass is 302 g/mol. The SMILES string of the molecule is CCOC(=O)c1cccc(NC(=O)C(N)COC)c1.Cl. The fraction of sp³-hybridized carbons (Fsp3) is 0.385. The Morgan fingerprint density at radius 3 is 2.70 bits per heavy atom. The summed E-state index contributed by atoms with van der Waals surface area (Å²) in [6.07, 6.45) is 0. The number of hydrogen-bond donors (Lipinski definition) is 2. The van der Waals surface area contributed by atoms with Crippen LogP contribution in [0.4, 0.5) is 5.69 Å². The summed E-state index contributed by atoms with van der Waals surface area (Å²) in [7, 11) is 1.47. The predicted molar refractivity (Wildman–Crippen MR) is 78.1 cm³/mol. The molecule has 0 fully saturated rings. The number of amides is 1. The number of ether oxygens (including phenoxy) is 2. The van der Waals surface area contributed by atoms with Gasteiger partial charge in [-0.3, -0.25) is 4.79 Å². The van der Waals surface area contributed by atoms with Crippen molar-refractivity contribution < 1.29 is 19.1 Å². The number of nitrogens with two attached hydrogens (primary N) is 1. The molecule has 0 aliphatic carbocycles. The number of rotatable bonds is 6. The first kappa shape index (κ1) is 18.4. The van der Waals surface area contributed by atoms with Crippen LogP contribution in [-0.4, -0.2) is 38.2 Å². The highest BCUT2D eigenvalue weighted by molar-refractivity contribution is 5.96. The fourth-order valence-electron chi connectivity index (χ4n) is 1.43. The number of carbonyl (C=O) groups excluding carboxylic acids is 2. The molecule has 0 saturated carbocycles. The highest BCUT2D eigenvalue weighted by Crippen LogP contribution is 2.12.